The number of rotatable bonds is 5. The third-order valence-electron chi connectivity index (χ3n) is 2.84. The Morgan fingerprint density at radius 1 is 1.23 bits per heavy atom. The summed E-state index contributed by atoms with van der Waals surface area (Å²) < 4.78 is 5.03. The number of nitro groups is 1. The number of amides is 1. The number of nitrogens with one attached hydrogen (secondary N) is 1. The van der Waals surface area contributed by atoms with Gasteiger partial charge in [-0.25, -0.2) is 5.43 Å². The van der Waals surface area contributed by atoms with E-state index in [-0.39, 0.29) is 11.3 Å². The first kappa shape index (κ1) is 15.2. The van der Waals surface area contributed by atoms with Crippen LogP contribution in [0.1, 0.15) is 15.9 Å². The number of benzene rings is 2. The first-order valence-corrected chi connectivity index (χ1v) is 6.32. The number of para-hydroxylation sites is 1. The lowest BCUT2D eigenvalue weighted by Crippen LogP contribution is -2.18. The number of carbonyl (C=O) groups excluding carboxylic acids is 1. The molecule has 1 N–H and O–H groups in total. The molecule has 0 saturated carbocycles. The minimum Gasteiger partial charge on any atom is -0.497 e. The highest BCUT2D eigenvalue weighted by atomic mass is 16.6. The van der Waals surface area contributed by atoms with Gasteiger partial charge in [0.25, 0.3) is 11.6 Å². The fourth-order valence-corrected chi connectivity index (χ4v) is 1.74. The fourth-order valence-electron chi connectivity index (χ4n) is 1.74. The molecule has 0 radical (unpaired) electrons. The SMILES string of the molecule is COc1ccc(/C=N\NC(=O)c2ccccc2[N+](=O)[O-])cc1. The van der Waals surface area contributed by atoms with E-state index in [1.807, 2.05) is 0 Å². The van der Waals surface area contributed by atoms with Crippen molar-refractivity contribution in [3.8, 4) is 5.75 Å². The van der Waals surface area contributed by atoms with Crippen LogP contribution in [0.3, 0.4) is 0 Å². The van der Waals surface area contributed by atoms with Crippen molar-refractivity contribution in [2.75, 3.05) is 7.11 Å². The molecule has 2 rings (SSSR count). The monoisotopic (exact) mass is 299 g/mol. The van der Waals surface area contributed by atoms with Crippen molar-refractivity contribution in [3.63, 3.8) is 0 Å². The second kappa shape index (κ2) is 6.98. The Bertz CT molecular complexity index is 711. The van der Waals surface area contributed by atoms with Crippen molar-refractivity contribution in [2.45, 2.75) is 0 Å². The highest BCUT2D eigenvalue weighted by molar-refractivity contribution is 5.98. The highest BCUT2D eigenvalue weighted by Crippen LogP contribution is 2.17. The smallest absolute Gasteiger partial charge is 0.282 e. The predicted molar refractivity (Wildman–Crippen MR) is 81.2 cm³/mol. The van der Waals surface area contributed by atoms with E-state index in [0.717, 1.165) is 5.56 Å². The Morgan fingerprint density at radius 2 is 1.91 bits per heavy atom. The molecule has 1 amide bonds. The van der Waals surface area contributed by atoms with Crippen LogP contribution in [0, 0.1) is 10.1 Å². The van der Waals surface area contributed by atoms with E-state index >= 15 is 0 Å². The number of nitro benzene ring substituents is 1. The average molecular weight is 299 g/mol. The van der Waals surface area contributed by atoms with Gasteiger partial charge in [0.1, 0.15) is 11.3 Å². The van der Waals surface area contributed by atoms with E-state index in [4.69, 9.17) is 4.74 Å². The van der Waals surface area contributed by atoms with Crippen LogP contribution in [0.25, 0.3) is 0 Å². The van der Waals surface area contributed by atoms with E-state index in [1.54, 1.807) is 37.4 Å². The third-order valence-corrected chi connectivity index (χ3v) is 2.84. The molecule has 0 atom stereocenters. The summed E-state index contributed by atoms with van der Waals surface area (Å²) in [5.41, 5.74) is 2.71. The number of nitrogens with zero attached hydrogens (tertiary/aromatic N) is 2. The number of carbonyl (C=O) groups is 1. The number of ether oxygens (including phenoxy) is 1. The van der Waals surface area contributed by atoms with Crippen molar-refractivity contribution in [1.82, 2.24) is 5.43 Å². The Balaban J connectivity index is 2.06. The number of hydrogen-bond donors (Lipinski definition) is 1. The van der Waals surface area contributed by atoms with Gasteiger partial charge in [-0.05, 0) is 35.9 Å². The second-order valence-electron chi connectivity index (χ2n) is 4.25. The van der Waals surface area contributed by atoms with Gasteiger partial charge in [0.2, 0.25) is 0 Å². The third kappa shape index (κ3) is 3.66. The van der Waals surface area contributed by atoms with E-state index < -0.39 is 10.8 Å². The van der Waals surface area contributed by atoms with Crippen LogP contribution in [-0.4, -0.2) is 24.2 Å². The molecule has 7 nitrogen and oxygen atoms in total. The van der Waals surface area contributed by atoms with Gasteiger partial charge < -0.3 is 4.74 Å². The van der Waals surface area contributed by atoms with Crippen LogP contribution in [0.5, 0.6) is 5.75 Å². The van der Waals surface area contributed by atoms with Gasteiger partial charge in [-0.2, -0.15) is 5.10 Å². The summed E-state index contributed by atoms with van der Waals surface area (Å²) in [5.74, 6) is 0.0677. The fraction of sp³-hybridized carbons (Fsp3) is 0.0667. The molecule has 0 aliphatic rings. The lowest BCUT2D eigenvalue weighted by molar-refractivity contribution is -0.385. The zero-order chi connectivity index (χ0) is 15.9. The Hall–Kier alpha value is -3.22. The van der Waals surface area contributed by atoms with E-state index in [9.17, 15) is 14.9 Å². The van der Waals surface area contributed by atoms with E-state index in [2.05, 4.69) is 10.5 Å². The first-order valence-electron chi connectivity index (χ1n) is 6.32. The quantitative estimate of drug-likeness (QED) is 0.521. The molecule has 0 unspecified atom stereocenters. The molecule has 0 bridgehead atoms. The summed E-state index contributed by atoms with van der Waals surface area (Å²) in [6, 6.07) is 12.7. The molecule has 0 spiro atoms. The van der Waals surface area contributed by atoms with Crippen LogP contribution in [-0.2, 0) is 0 Å². The summed E-state index contributed by atoms with van der Waals surface area (Å²) in [4.78, 5) is 22.2. The maximum Gasteiger partial charge on any atom is 0.282 e. The van der Waals surface area contributed by atoms with Crippen LogP contribution in [0.15, 0.2) is 53.6 Å². The molecule has 7 heteroatoms. The molecule has 2 aromatic rings. The van der Waals surface area contributed by atoms with E-state index in [1.165, 1.54) is 24.4 Å². The van der Waals surface area contributed by atoms with Gasteiger partial charge in [-0.3, -0.25) is 14.9 Å². The van der Waals surface area contributed by atoms with Gasteiger partial charge in [0.15, 0.2) is 0 Å². The van der Waals surface area contributed by atoms with E-state index in [0.29, 0.717) is 5.75 Å². The molecule has 0 aliphatic carbocycles. The Morgan fingerprint density at radius 3 is 2.55 bits per heavy atom. The predicted octanol–water partition coefficient (Wildman–Crippen LogP) is 2.37. The maximum absolute atomic E-state index is 11.9. The zero-order valence-electron chi connectivity index (χ0n) is 11.7. The van der Waals surface area contributed by atoms with Gasteiger partial charge in [0, 0.05) is 6.07 Å². The Kier molecular flexibility index (Phi) is 4.81. The molecule has 2 aromatic carbocycles. The van der Waals surface area contributed by atoms with Gasteiger partial charge in [-0.1, -0.05) is 12.1 Å². The summed E-state index contributed by atoms with van der Waals surface area (Å²) in [6.45, 7) is 0. The number of hydrogen-bond acceptors (Lipinski definition) is 5. The van der Waals surface area contributed by atoms with Crippen molar-refractivity contribution < 1.29 is 14.5 Å². The molecular weight excluding hydrogens is 286 g/mol. The number of methoxy groups -OCH3 is 1. The van der Waals surface area contributed by atoms with Crippen LogP contribution in [0.2, 0.25) is 0 Å². The molecule has 0 saturated heterocycles. The lowest BCUT2D eigenvalue weighted by Gasteiger charge is -2.01. The average Bonchev–Trinajstić information content (AvgIpc) is 2.55. The van der Waals surface area contributed by atoms with Crippen LogP contribution >= 0.6 is 0 Å². The molecule has 0 heterocycles. The summed E-state index contributed by atoms with van der Waals surface area (Å²) in [5, 5.41) is 14.6. The topological polar surface area (TPSA) is 93.8 Å². The van der Waals surface area contributed by atoms with Crippen molar-refractivity contribution >= 4 is 17.8 Å². The van der Waals surface area contributed by atoms with Crippen molar-refractivity contribution in [2.24, 2.45) is 5.10 Å². The van der Waals surface area contributed by atoms with Gasteiger partial charge >= 0.3 is 0 Å². The minimum atomic E-state index is -0.642. The molecule has 0 fully saturated rings. The summed E-state index contributed by atoms with van der Waals surface area (Å²) in [7, 11) is 1.57. The highest BCUT2D eigenvalue weighted by Gasteiger charge is 2.18. The molecule has 0 aliphatic heterocycles. The molecule has 112 valence electrons. The minimum absolute atomic E-state index is 0.0422. The first-order chi connectivity index (χ1) is 10.6. The van der Waals surface area contributed by atoms with Gasteiger partial charge in [0.05, 0.1) is 18.2 Å². The Labute approximate surface area is 126 Å². The summed E-state index contributed by atoms with van der Waals surface area (Å²) >= 11 is 0. The zero-order valence-corrected chi connectivity index (χ0v) is 11.7. The van der Waals surface area contributed by atoms with Crippen LogP contribution in [0.4, 0.5) is 5.69 Å². The van der Waals surface area contributed by atoms with Crippen molar-refractivity contribution in [1.29, 1.82) is 0 Å². The summed E-state index contributed by atoms with van der Waals surface area (Å²) in [6.07, 6.45) is 1.44. The second-order valence-corrected chi connectivity index (χ2v) is 4.25. The molecule has 0 aromatic heterocycles. The normalized spacial score (nSPS) is 10.4. The molecular formula is C15H13N3O4. The van der Waals surface area contributed by atoms with Crippen molar-refractivity contribution in [3.05, 3.63) is 69.8 Å². The maximum atomic E-state index is 11.9. The van der Waals surface area contributed by atoms with Crippen LogP contribution < -0.4 is 10.2 Å². The van der Waals surface area contributed by atoms with Gasteiger partial charge in [-0.15, -0.1) is 0 Å². The largest absolute Gasteiger partial charge is 0.497 e. The standard InChI is InChI=1S/C15H13N3O4/c1-22-12-8-6-11(7-9-12)10-16-17-15(19)13-4-2-3-5-14(13)18(20)21/h2-10H,1H3,(H,17,19)/b16-10-. The lowest BCUT2D eigenvalue weighted by atomic mass is 10.2. The number of hydrazone groups is 1. The molecule has 22 heavy (non-hydrogen) atoms.